The van der Waals surface area contributed by atoms with Crippen LogP contribution in [0.15, 0.2) is 6.07 Å². The number of imide groups is 1. The van der Waals surface area contributed by atoms with Gasteiger partial charge in [0.2, 0.25) is 11.8 Å². The second-order valence-electron chi connectivity index (χ2n) is 5.05. The van der Waals surface area contributed by atoms with E-state index in [9.17, 15) is 9.59 Å². The smallest absolute Gasteiger partial charge is 0.249 e. The zero-order chi connectivity index (χ0) is 14.7. The van der Waals surface area contributed by atoms with E-state index in [1.807, 2.05) is 13.8 Å². The Labute approximate surface area is 117 Å². The van der Waals surface area contributed by atoms with Crippen molar-refractivity contribution >= 4 is 23.5 Å². The molecule has 1 aliphatic rings. The molecule has 0 radical (unpaired) electrons. The lowest BCUT2D eigenvalue weighted by Crippen LogP contribution is -2.47. The molecule has 3 N–H and O–H groups in total. The van der Waals surface area contributed by atoms with Gasteiger partial charge in [-0.05, 0) is 6.42 Å². The van der Waals surface area contributed by atoms with Crippen molar-refractivity contribution in [2.45, 2.75) is 38.6 Å². The van der Waals surface area contributed by atoms with Crippen LogP contribution in [0.25, 0.3) is 0 Å². The summed E-state index contributed by atoms with van der Waals surface area (Å²) < 4.78 is 0. The predicted molar refractivity (Wildman–Crippen MR) is 75.5 cm³/mol. The fraction of sp³-hybridized carbons (Fsp3) is 0.538. The maximum absolute atomic E-state index is 11.7. The van der Waals surface area contributed by atoms with Crippen molar-refractivity contribution in [2.24, 2.45) is 0 Å². The summed E-state index contributed by atoms with van der Waals surface area (Å²) >= 11 is 0. The number of nitrogens with one attached hydrogen (secondary N) is 3. The van der Waals surface area contributed by atoms with E-state index in [0.29, 0.717) is 30.3 Å². The first-order valence-electron chi connectivity index (χ1n) is 6.66. The van der Waals surface area contributed by atoms with Crippen LogP contribution in [0.5, 0.6) is 0 Å². The molecule has 0 spiro atoms. The molecule has 1 aliphatic heterocycles. The van der Waals surface area contributed by atoms with E-state index in [-0.39, 0.29) is 17.7 Å². The molecule has 2 heterocycles. The highest BCUT2D eigenvalue weighted by molar-refractivity contribution is 6.01. The second kappa shape index (κ2) is 5.85. The van der Waals surface area contributed by atoms with E-state index >= 15 is 0 Å². The van der Waals surface area contributed by atoms with Gasteiger partial charge in [-0.3, -0.25) is 14.9 Å². The zero-order valence-corrected chi connectivity index (χ0v) is 11.9. The molecule has 0 aliphatic carbocycles. The van der Waals surface area contributed by atoms with Crippen LogP contribution < -0.4 is 16.0 Å². The highest BCUT2D eigenvalue weighted by atomic mass is 16.2. The van der Waals surface area contributed by atoms with E-state index < -0.39 is 6.04 Å². The Morgan fingerprint density at radius 1 is 1.30 bits per heavy atom. The minimum atomic E-state index is -0.438. The van der Waals surface area contributed by atoms with E-state index in [2.05, 4.69) is 25.9 Å². The average Bonchev–Trinajstić information content (AvgIpc) is 2.41. The lowest BCUT2D eigenvalue weighted by molar-refractivity contribution is -0.133. The minimum absolute atomic E-state index is 0.186. The lowest BCUT2D eigenvalue weighted by atomic mass is 10.1. The molecular weight excluding hydrogens is 258 g/mol. The topological polar surface area (TPSA) is 96.0 Å². The van der Waals surface area contributed by atoms with Gasteiger partial charge < -0.3 is 10.6 Å². The third-order valence-electron chi connectivity index (χ3n) is 3.08. The first-order chi connectivity index (χ1) is 9.49. The van der Waals surface area contributed by atoms with E-state index in [4.69, 9.17) is 0 Å². The minimum Gasteiger partial charge on any atom is -0.373 e. The fourth-order valence-corrected chi connectivity index (χ4v) is 1.94. The summed E-state index contributed by atoms with van der Waals surface area (Å²) in [5.41, 5.74) is 0. The molecule has 1 aromatic rings. The standard InChI is InChI=1S/C13H19N5O2/c1-7(2)12-16-9(14-3)6-10(17-12)15-8-4-5-11(19)18-13(8)20/h6-8H,4-5H2,1-3H3,(H,18,19,20)(H2,14,15,16,17). The number of hydrogen-bond acceptors (Lipinski definition) is 6. The van der Waals surface area contributed by atoms with Crippen LogP contribution in [0.1, 0.15) is 38.4 Å². The Morgan fingerprint density at radius 3 is 2.60 bits per heavy atom. The van der Waals surface area contributed by atoms with Crippen LogP contribution in [-0.2, 0) is 9.59 Å². The van der Waals surface area contributed by atoms with Crippen LogP contribution in [-0.4, -0.2) is 34.9 Å². The molecule has 2 rings (SSSR count). The number of nitrogens with zero attached hydrogens (tertiary/aromatic N) is 2. The average molecular weight is 277 g/mol. The molecule has 7 nitrogen and oxygen atoms in total. The molecular formula is C13H19N5O2. The summed E-state index contributed by atoms with van der Waals surface area (Å²) in [4.78, 5) is 31.6. The molecule has 1 atom stereocenters. The third kappa shape index (κ3) is 3.23. The summed E-state index contributed by atoms with van der Waals surface area (Å²) in [6.07, 6.45) is 0.810. The zero-order valence-electron chi connectivity index (χ0n) is 11.9. The molecule has 108 valence electrons. The van der Waals surface area contributed by atoms with Gasteiger partial charge in [-0.15, -0.1) is 0 Å². The quantitative estimate of drug-likeness (QED) is 0.706. The Balaban J connectivity index is 2.18. The van der Waals surface area contributed by atoms with Gasteiger partial charge in [0.15, 0.2) is 0 Å². The van der Waals surface area contributed by atoms with Gasteiger partial charge in [0.25, 0.3) is 0 Å². The Hall–Kier alpha value is -2.18. The van der Waals surface area contributed by atoms with Gasteiger partial charge >= 0.3 is 0 Å². The molecule has 20 heavy (non-hydrogen) atoms. The number of hydrogen-bond donors (Lipinski definition) is 3. The van der Waals surface area contributed by atoms with E-state index in [1.54, 1.807) is 13.1 Å². The van der Waals surface area contributed by atoms with E-state index in [1.165, 1.54) is 0 Å². The Morgan fingerprint density at radius 2 is 2.00 bits per heavy atom. The highest BCUT2D eigenvalue weighted by Crippen LogP contribution is 2.18. The van der Waals surface area contributed by atoms with E-state index in [0.717, 1.165) is 0 Å². The first kappa shape index (κ1) is 14.2. The maximum Gasteiger partial charge on any atom is 0.249 e. The summed E-state index contributed by atoms with van der Waals surface area (Å²) in [5, 5.41) is 8.35. The molecule has 1 fully saturated rings. The number of carbonyl (C=O) groups excluding carboxylic acids is 2. The molecule has 1 aromatic heterocycles. The van der Waals surface area contributed by atoms with Crippen molar-refractivity contribution in [1.82, 2.24) is 15.3 Å². The summed E-state index contributed by atoms with van der Waals surface area (Å²) in [7, 11) is 1.78. The number of carbonyl (C=O) groups is 2. The number of piperidine rings is 1. The van der Waals surface area contributed by atoms with Gasteiger partial charge in [0, 0.05) is 25.5 Å². The molecule has 1 unspecified atom stereocenters. The summed E-state index contributed by atoms with van der Waals surface area (Å²) in [5.74, 6) is 1.63. The third-order valence-corrected chi connectivity index (χ3v) is 3.08. The van der Waals surface area contributed by atoms with Gasteiger partial charge in [-0.1, -0.05) is 13.8 Å². The number of aromatic nitrogens is 2. The molecule has 0 aromatic carbocycles. The van der Waals surface area contributed by atoms with Gasteiger partial charge in [-0.2, -0.15) is 0 Å². The Bertz CT molecular complexity index is 529. The summed E-state index contributed by atoms with van der Waals surface area (Å²) in [6, 6.07) is 1.31. The van der Waals surface area contributed by atoms with Crippen LogP contribution >= 0.6 is 0 Å². The van der Waals surface area contributed by atoms with Crippen molar-refractivity contribution in [1.29, 1.82) is 0 Å². The molecule has 7 heteroatoms. The highest BCUT2D eigenvalue weighted by Gasteiger charge is 2.26. The van der Waals surface area contributed by atoms with Crippen LogP contribution in [0, 0.1) is 0 Å². The fourth-order valence-electron chi connectivity index (χ4n) is 1.94. The molecule has 0 bridgehead atoms. The van der Waals surface area contributed by atoms with Crippen molar-refractivity contribution in [3.8, 4) is 0 Å². The van der Waals surface area contributed by atoms with Crippen molar-refractivity contribution < 1.29 is 9.59 Å². The number of amides is 2. The monoisotopic (exact) mass is 277 g/mol. The van der Waals surface area contributed by atoms with Gasteiger partial charge in [0.1, 0.15) is 23.5 Å². The number of rotatable bonds is 4. The van der Waals surface area contributed by atoms with Crippen molar-refractivity contribution in [3.63, 3.8) is 0 Å². The predicted octanol–water partition coefficient (Wildman–Crippen LogP) is 0.859. The van der Waals surface area contributed by atoms with Gasteiger partial charge in [0.05, 0.1) is 0 Å². The number of anilines is 2. The van der Waals surface area contributed by atoms with Crippen LogP contribution in [0.3, 0.4) is 0 Å². The largest absolute Gasteiger partial charge is 0.373 e. The first-order valence-corrected chi connectivity index (χ1v) is 6.66. The SMILES string of the molecule is CNc1cc(NC2CCC(=O)NC2=O)nc(C(C)C)n1. The summed E-state index contributed by atoms with van der Waals surface area (Å²) in [6.45, 7) is 4.01. The van der Waals surface area contributed by atoms with Crippen LogP contribution in [0.2, 0.25) is 0 Å². The lowest BCUT2D eigenvalue weighted by Gasteiger charge is -2.22. The van der Waals surface area contributed by atoms with Crippen molar-refractivity contribution in [2.75, 3.05) is 17.7 Å². The second-order valence-corrected chi connectivity index (χ2v) is 5.05. The Kier molecular flexibility index (Phi) is 4.16. The molecule has 0 saturated carbocycles. The molecule has 2 amide bonds. The van der Waals surface area contributed by atoms with Crippen LogP contribution in [0.4, 0.5) is 11.6 Å². The normalized spacial score (nSPS) is 18.9. The van der Waals surface area contributed by atoms with Crippen molar-refractivity contribution in [3.05, 3.63) is 11.9 Å². The van der Waals surface area contributed by atoms with Gasteiger partial charge in [-0.25, -0.2) is 9.97 Å². The maximum atomic E-state index is 11.7. The molecule has 1 saturated heterocycles.